The SMILES string of the molecule is CCCCCCCCCCCCCCCCCCCCC(CCCCCCCCCCCCCCCCCCCC)CNC(=O)CCC. The molecule has 0 aromatic carbocycles. The highest BCUT2D eigenvalue weighted by atomic mass is 16.1. The molecule has 0 atom stereocenters. The molecule has 0 aliphatic heterocycles. The third-order valence-electron chi connectivity index (χ3n) is 11.0. The Labute approximate surface area is 305 Å². The summed E-state index contributed by atoms with van der Waals surface area (Å²) in [4.78, 5) is 12.1. The van der Waals surface area contributed by atoms with Crippen LogP contribution >= 0.6 is 0 Å². The molecule has 0 aliphatic carbocycles. The molecule has 0 heterocycles. The van der Waals surface area contributed by atoms with Crippen molar-refractivity contribution in [2.45, 2.75) is 278 Å². The summed E-state index contributed by atoms with van der Waals surface area (Å²) >= 11 is 0. The standard InChI is InChI=1S/C46H93NO/c1-4-7-9-11-13-15-17-19-21-23-25-27-29-31-33-35-37-39-42-45(44-47-46(48)41-6-3)43-40-38-36-34-32-30-28-26-24-22-20-18-16-14-12-10-8-5-2/h45H,4-44H2,1-3H3,(H,47,48). The van der Waals surface area contributed by atoms with Gasteiger partial charge in [0.05, 0.1) is 0 Å². The molecule has 0 saturated heterocycles. The minimum Gasteiger partial charge on any atom is -0.356 e. The molecule has 0 rings (SSSR count). The predicted octanol–water partition coefficient (Wildman–Crippen LogP) is 16.4. The van der Waals surface area contributed by atoms with Crippen LogP contribution in [-0.2, 0) is 4.79 Å². The minimum absolute atomic E-state index is 0.262. The average Bonchev–Trinajstić information content (AvgIpc) is 3.09. The van der Waals surface area contributed by atoms with E-state index >= 15 is 0 Å². The number of unbranched alkanes of at least 4 members (excludes halogenated alkanes) is 34. The second kappa shape index (κ2) is 42.6. The van der Waals surface area contributed by atoms with Crippen LogP contribution in [0.3, 0.4) is 0 Å². The van der Waals surface area contributed by atoms with Gasteiger partial charge < -0.3 is 5.32 Å². The molecule has 0 spiro atoms. The van der Waals surface area contributed by atoms with Crippen LogP contribution in [0.25, 0.3) is 0 Å². The van der Waals surface area contributed by atoms with Crippen LogP contribution in [0.1, 0.15) is 278 Å². The van der Waals surface area contributed by atoms with E-state index in [9.17, 15) is 4.79 Å². The van der Waals surface area contributed by atoms with E-state index in [4.69, 9.17) is 0 Å². The van der Waals surface area contributed by atoms with Gasteiger partial charge in [0.15, 0.2) is 0 Å². The van der Waals surface area contributed by atoms with Crippen molar-refractivity contribution < 1.29 is 4.79 Å². The quantitative estimate of drug-likeness (QED) is 0.0641. The zero-order valence-corrected chi connectivity index (χ0v) is 34.0. The number of nitrogens with one attached hydrogen (secondary N) is 1. The first kappa shape index (κ1) is 47.5. The van der Waals surface area contributed by atoms with Crippen molar-refractivity contribution in [1.29, 1.82) is 0 Å². The lowest BCUT2D eigenvalue weighted by Crippen LogP contribution is -2.29. The summed E-state index contributed by atoms with van der Waals surface area (Å²) in [6.45, 7) is 7.63. The van der Waals surface area contributed by atoms with Crippen LogP contribution in [0.15, 0.2) is 0 Å². The molecule has 288 valence electrons. The molecule has 2 heteroatoms. The van der Waals surface area contributed by atoms with E-state index in [-0.39, 0.29) is 5.91 Å². The molecule has 0 aromatic rings. The number of hydrogen-bond donors (Lipinski definition) is 1. The van der Waals surface area contributed by atoms with E-state index in [2.05, 4.69) is 26.1 Å². The highest BCUT2D eigenvalue weighted by Crippen LogP contribution is 2.20. The zero-order valence-electron chi connectivity index (χ0n) is 34.0. The topological polar surface area (TPSA) is 29.1 Å². The zero-order chi connectivity index (χ0) is 34.9. The van der Waals surface area contributed by atoms with E-state index in [0.717, 1.165) is 13.0 Å². The Kier molecular flexibility index (Phi) is 42.2. The average molecular weight is 676 g/mol. The smallest absolute Gasteiger partial charge is 0.219 e. The van der Waals surface area contributed by atoms with E-state index < -0.39 is 0 Å². The first-order valence-electron chi connectivity index (χ1n) is 23.0. The molecule has 48 heavy (non-hydrogen) atoms. The number of carbonyl (C=O) groups excluding carboxylic acids is 1. The fourth-order valence-corrected chi connectivity index (χ4v) is 7.59. The molecule has 0 radical (unpaired) electrons. The van der Waals surface area contributed by atoms with Crippen molar-refractivity contribution in [2.75, 3.05) is 6.54 Å². The lowest BCUT2D eigenvalue weighted by Gasteiger charge is -2.18. The second-order valence-electron chi connectivity index (χ2n) is 16.0. The van der Waals surface area contributed by atoms with E-state index in [1.54, 1.807) is 0 Å². The normalized spacial score (nSPS) is 11.6. The lowest BCUT2D eigenvalue weighted by molar-refractivity contribution is -0.121. The molecule has 0 saturated carbocycles. The Morgan fingerprint density at radius 3 is 0.792 bits per heavy atom. The minimum atomic E-state index is 0.262. The third-order valence-corrected chi connectivity index (χ3v) is 11.0. The Morgan fingerprint density at radius 2 is 0.562 bits per heavy atom. The van der Waals surface area contributed by atoms with Crippen molar-refractivity contribution in [2.24, 2.45) is 5.92 Å². The summed E-state index contributed by atoms with van der Waals surface area (Å²) in [6, 6.07) is 0. The van der Waals surface area contributed by atoms with Gasteiger partial charge in [0, 0.05) is 13.0 Å². The summed E-state index contributed by atoms with van der Waals surface area (Å²) < 4.78 is 0. The van der Waals surface area contributed by atoms with Crippen LogP contribution in [0.4, 0.5) is 0 Å². The first-order valence-corrected chi connectivity index (χ1v) is 23.0. The van der Waals surface area contributed by atoms with E-state index in [1.165, 1.54) is 244 Å². The van der Waals surface area contributed by atoms with Gasteiger partial charge >= 0.3 is 0 Å². The van der Waals surface area contributed by atoms with Gasteiger partial charge in [0.25, 0.3) is 0 Å². The Morgan fingerprint density at radius 1 is 0.333 bits per heavy atom. The van der Waals surface area contributed by atoms with Gasteiger partial charge in [0.1, 0.15) is 0 Å². The summed E-state index contributed by atoms with van der Waals surface area (Å²) in [5.74, 6) is 0.950. The summed E-state index contributed by atoms with van der Waals surface area (Å²) in [6.07, 6.45) is 56.0. The monoisotopic (exact) mass is 676 g/mol. The fraction of sp³-hybridized carbons (Fsp3) is 0.978. The molecular weight excluding hydrogens is 583 g/mol. The van der Waals surface area contributed by atoms with Gasteiger partial charge in [-0.15, -0.1) is 0 Å². The number of rotatable bonds is 42. The van der Waals surface area contributed by atoms with Crippen molar-refractivity contribution in [1.82, 2.24) is 5.32 Å². The molecule has 1 N–H and O–H groups in total. The number of hydrogen-bond acceptors (Lipinski definition) is 1. The highest BCUT2D eigenvalue weighted by molar-refractivity contribution is 5.75. The first-order chi connectivity index (χ1) is 23.7. The maximum Gasteiger partial charge on any atom is 0.219 e. The van der Waals surface area contributed by atoms with E-state index in [1.807, 2.05) is 0 Å². The molecule has 1 amide bonds. The summed E-state index contributed by atoms with van der Waals surface area (Å²) in [5, 5.41) is 3.26. The highest BCUT2D eigenvalue weighted by Gasteiger charge is 2.10. The Bertz CT molecular complexity index is 549. The number of amides is 1. The third kappa shape index (κ3) is 39.9. The maximum atomic E-state index is 12.1. The van der Waals surface area contributed by atoms with Crippen LogP contribution in [0, 0.1) is 5.92 Å². The van der Waals surface area contributed by atoms with Crippen LogP contribution in [0.5, 0.6) is 0 Å². The summed E-state index contributed by atoms with van der Waals surface area (Å²) in [5.41, 5.74) is 0. The van der Waals surface area contributed by atoms with Crippen molar-refractivity contribution in [3.63, 3.8) is 0 Å². The van der Waals surface area contributed by atoms with Gasteiger partial charge in [-0.25, -0.2) is 0 Å². The van der Waals surface area contributed by atoms with Gasteiger partial charge in [-0.05, 0) is 25.2 Å². The molecule has 0 unspecified atom stereocenters. The molecule has 2 nitrogen and oxygen atoms in total. The van der Waals surface area contributed by atoms with E-state index in [0.29, 0.717) is 12.3 Å². The molecule has 0 bridgehead atoms. The Hall–Kier alpha value is -0.530. The predicted molar refractivity (Wildman–Crippen MR) is 218 cm³/mol. The van der Waals surface area contributed by atoms with Gasteiger partial charge in [-0.2, -0.15) is 0 Å². The van der Waals surface area contributed by atoms with Crippen LogP contribution in [-0.4, -0.2) is 12.5 Å². The maximum absolute atomic E-state index is 12.1. The van der Waals surface area contributed by atoms with Gasteiger partial charge in [-0.1, -0.05) is 252 Å². The van der Waals surface area contributed by atoms with Crippen LogP contribution < -0.4 is 5.32 Å². The molecule has 0 aliphatic rings. The van der Waals surface area contributed by atoms with Crippen molar-refractivity contribution in [3.8, 4) is 0 Å². The van der Waals surface area contributed by atoms with Gasteiger partial charge in [0.2, 0.25) is 5.91 Å². The van der Waals surface area contributed by atoms with Gasteiger partial charge in [-0.3, -0.25) is 4.79 Å². The molecular formula is C46H93NO. The largest absolute Gasteiger partial charge is 0.356 e. The summed E-state index contributed by atoms with van der Waals surface area (Å²) in [7, 11) is 0. The second-order valence-corrected chi connectivity index (χ2v) is 16.0. The molecule has 0 aromatic heterocycles. The number of carbonyl (C=O) groups is 1. The fourth-order valence-electron chi connectivity index (χ4n) is 7.59. The van der Waals surface area contributed by atoms with Crippen molar-refractivity contribution in [3.05, 3.63) is 0 Å². The van der Waals surface area contributed by atoms with Crippen LogP contribution in [0.2, 0.25) is 0 Å². The lowest BCUT2D eigenvalue weighted by atomic mass is 9.93. The Balaban J connectivity index is 3.67. The molecule has 0 fully saturated rings. The van der Waals surface area contributed by atoms with Crippen molar-refractivity contribution >= 4 is 5.91 Å².